The number of pyridine rings is 1. The Morgan fingerprint density at radius 1 is 1.19 bits per heavy atom. The van der Waals surface area contributed by atoms with Crippen LogP contribution < -0.4 is 0 Å². The second-order valence-electron chi connectivity index (χ2n) is 7.94. The third-order valence-electron chi connectivity index (χ3n) is 6.44. The molecule has 1 aliphatic carbocycles. The van der Waals surface area contributed by atoms with Crippen LogP contribution >= 0.6 is 0 Å². The van der Waals surface area contributed by atoms with Gasteiger partial charge in [0.2, 0.25) is 5.91 Å². The zero-order valence-corrected chi connectivity index (χ0v) is 15.3. The molecule has 0 radical (unpaired) electrons. The quantitative estimate of drug-likeness (QED) is 0.911. The molecular weight excluding hydrogens is 326 g/mol. The van der Waals surface area contributed by atoms with Crippen molar-refractivity contribution in [3.05, 3.63) is 29.6 Å². The molecule has 2 aromatic rings. The zero-order valence-electron chi connectivity index (χ0n) is 15.3. The summed E-state index contributed by atoms with van der Waals surface area (Å²) in [6, 6.07) is 4.93. The van der Waals surface area contributed by atoms with E-state index in [1.807, 2.05) is 12.3 Å². The summed E-state index contributed by atoms with van der Waals surface area (Å²) in [6.07, 6.45) is 6.90. The first-order chi connectivity index (χ1) is 12.8. The molecule has 2 aromatic heterocycles. The van der Waals surface area contributed by atoms with Crippen LogP contribution in [-0.2, 0) is 17.8 Å². The Balaban J connectivity index is 1.19. The van der Waals surface area contributed by atoms with E-state index >= 15 is 0 Å². The maximum atomic E-state index is 12.8. The molecule has 4 heterocycles. The fourth-order valence-electron chi connectivity index (χ4n) is 4.64. The summed E-state index contributed by atoms with van der Waals surface area (Å²) in [5.41, 5.74) is 3.58. The van der Waals surface area contributed by atoms with Crippen molar-refractivity contribution in [1.82, 2.24) is 24.7 Å². The maximum absolute atomic E-state index is 12.8. The fourth-order valence-corrected chi connectivity index (χ4v) is 4.64. The smallest absolute Gasteiger partial charge is 0.236 e. The van der Waals surface area contributed by atoms with Crippen LogP contribution in [0, 0.1) is 0 Å². The number of nitrogens with one attached hydrogen (secondary N) is 1. The van der Waals surface area contributed by atoms with Gasteiger partial charge in [0.15, 0.2) is 0 Å². The van der Waals surface area contributed by atoms with E-state index in [1.165, 1.54) is 35.9 Å². The Hall–Kier alpha value is -1.92. The van der Waals surface area contributed by atoms with Crippen LogP contribution in [0.2, 0.25) is 0 Å². The van der Waals surface area contributed by atoms with Gasteiger partial charge in [-0.1, -0.05) is 6.42 Å². The molecule has 0 atom stereocenters. The number of aromatic amines is 1. The predicted molar refractivity (Wildman–Crippen MR) is 101 cm³/mol. The highest BCUT2D eigenvalue weighted by molar-refractivity contribution is 5.82. The maximum Gasteiger partial charge on any atom is 0.236 e. The van der Waals surface area contributed by atoms with Gasteiger partial charge in [0, 0.05) is 62.6 Å². The Kier molecular flexibility index (Phi) is 4.17. The zero-order chi connectivity index (χ0) is 17.5. The van der Waals surface area contributed by atoms with E-state index in [9.17, 15) is 4.79 Å². The largest absolute Gasteiger partial charge is 0.342 e. The predicted octanol–water partition coefficient (Wildman–Crippen LogP) is 1.62. The van der Waals surface area contributed by atoms with Gasteiger partial charge in [-0.2, -0.15) is 0 Å². The van der Waals surface area contributed by atoms with Crippen LogP contribution in [0.3, 0.4) is 0 Å². The first-order valence-electron chi connectivity index (χ1n) is 9.96. The fraction of sp³-hybridized carbons (Fsp3) is 0.600. The number of amides is 1. The second-order valence-corrected chi connectivity index (χ2v) is 7.94. The van der Waals surface area contributed by atoms with Crippen molar-refractivity contribution < 1.29 is 4.79 Å². The number of carbonyl (C=O) groups is 1. The molecule has 6 heteroatoms. The van der Waals surface area contributed by atoms with E-state index in [0.717, 1.165) is 57.4 Å². The van der Waals surface area contributed by atoms with E-state index in [-0.39, 0.29) is 5.91 Å². The lowest BCUT2D eigenvalue weighted by atomic mass is 9.91. The van der Waals surface area contributed by atoms with Crippen molar-refractivity contribution in [1.29, 1.82) is 0 Å². The van der Waals surface area contributed by atoms with Gasteiger partial charge in [0.05, 0.1) is 6.54 Å². The van der Waals surface area contributed by atoms with E-state index in [2.05, 4.69) is 30.7 Å². The molecule has 0 spiro atoms. The van der Waals surface area contributed by atoms with Crippen LogP contribution in [0.15, 0.2) is 18.3 Å². The molecule has 2 fully saturated rings. The van der Waals surface area contributed by atoms with Gasteiger partial charge in [-0.3, -0.25) is 14.6 Å². The summed E-state index contributed by atoms with van der Waals surface area (Å²) in [5.74, 6) is 0.288. The second kappa shape index (κ2) is 6.67. The van der Waals surface area contributed by atoms with E-state index < -0.39 is 0 Å². The summed E-state index contributed by atoms with van der Waals surface area (Å²) < 4.78 is 0. The van der Waals surface area contributed by atoms with Gasteiger partial charge in [-0.25, -0.2) is 4.98 Å². The lowest BCUT2D eigenvalue weighted by molar-refractivity contribution is -0.135. The van der Waals surface area contributed by atoms with Crippen molar-refractivity contribution in [2.24, 2.45) is 0 Å². The Morgan fingerprint density at radius 3 is 2.81 bits per heavy atom. The topological polar surface area (TPSA) is 55.5 Å². The molecule has 6 nitrogen and oxygen atoms in total. The third kappa shape index (κ3) is 2.91. The minimum atomic E-state index is 0.288. The average molecular weight is 353 g/mol. The molecule has 5 rings (SSSR count). The van der Waals surface area contributed by atoms with Crippen LogP contribution in [0.5, 0.6) is 0 Å². The van der Waals surface area contributed by atoms with Crippen molar-refractivity contribution in [2.45, 2.75) is 38.3 Å². The first-order valence-corrected chi connectivity index (χ1v) is 9.96. The van der Waals surface area contributed by atoms with Crippen LogP contribution in [-0.4, -0.2) is 75.9 Å². The molecular formula is C20H27N5O. The van der Waals surface area contributed by atoms with Crippen molar-refractivity contribution >= 4 is 16.9 Å². The molecule has 2 aliphatic heterocycles. The molecule has 1 amide bonds. The number of piperazine rings is 1. The van der Waals surface area contributed by atoms with Crippen molar-refractivity contribution in [3.8, 4) is 0 Å². The molecule has 0 unspecified atom stereocenters. The van der Waals surface area contributed by atoms with Gasteiger partial charge < -0.3 is 9.88 Å². The van der Waals surface area contributed by atoms with Crippen molar-refractivity contribution in [2.75, 3.05) is 39.3 Å². The summed E-state index contributed by atoms with van der Waals surface area (Å²) >= 11 is 0. The van der Waals surface area contributed by atoms with Crippen LogP contribution in [0.25, 0.3) is 11.0 Å². The number of H-pyrrole nitrogens is 1. The average Bonchev–Trinajstić information content (AvgIpc) is 2.98. The highest BCUT2D eigenvalue weighted by atomic mass is 16.2. The molecule has 26 heavy (non-hydrogen) atoms. The minimum Gasteiger partial charge on any atom is -0.342 e. The number of rotatable bonds is 3. The van der Waals surface area contributed by atoms with Gasteiger partial charge in [-0.15, -0.1) is 0 Å². The van der Waals surface area contributed by atoms with E-state index in [0.29, 0.717) is 6.54 Å². The number of fused-ring (bicyclic) bond motifs is 3. The molecule has 0 aromatic carbocycles. The number of hydrogen-bond donors (Lipinski definition) is 1. The van der Waals surface area contributed by atoms with E-state index in [1.54, 1.807) is 0 Å². The molecule has 1 N–H and O–H groups in total. The van der Waals surface area contributed by atoms with Crippen LogP contribution in [0.4, 0.5) is 0 Å². The minimum absolute atomic E-state index is 0.288. The molecule has 1 saturated carbocycles. The first kappa shape index (κ1) is 16.3. The van der Waals surface area contributed by atoms with Gasteiger partial charge in [-0.05, 0) is 37.0 Å². The summed E-state index contributed by atoms with van der Waals surface area (Å²) in [7, 11) is 0. The molecule has 1 saturated heterocycles. The Bertz CT molecular complexity index is 804. The molecule has 138 valence electrons. The SMILES string of the molecule is O=C(CN1CCc2c([nH]c3ncccc23)C1)N1CCN(C2CCC2)CC1. The summed E-state index contributed by atoms with van der Waals surface area (Å²) in [4.78, 5) is 27.5. The number of nitrogens with zero attached hydrogens (tertiary/aromatic N) is 4. The summed E-state index contributed by atoms with van der Waals surface area (Å²) in [6.45, 7) is 6.19. The number of carbonyl (C=O) groups excluding carboxylic acids is 1. The lowest BCUT2D eigenvalue weighted by Crippen LogP contribution is -2.55. The number of hydrogen-bond acceptors (Lipinski definition) is 4. The van der Waals surface area contributed by atoms with Gasteiger partial charge >= 0.3 is 0 Å². The van der Waals surface area contributed by atoms with Crippen LogP contribution in [0.1, 0.15) is 30.5 Å². The van der Waals surface area contributed by atoms with Crippen molar-refractivity contribution in [3.63, 3.8) is 0 Å². The normalized spacial score (nSPS) is 22.4. The standard InChI is InChI=1S/C20H27N5O/c26-19(25-11-9-24(10-12-25)15-3-1-4-15)14-23-8-6-16-17-5-2-7-21-20(17)22-18(16)13-23/h2,5,7,15H,1,3-4,6,8-14H2,(H,21,22). The third-order valence-corrected chi connectivity index (χ3v) is 6.44. The summed E-state index contributed by atoms with van der Waals surface area (Å²) in [5, 5.41) is 1.24. The van der Waals surface area contributed by atoms with Gasteiger partial charge in [0.25, 0.3) is 0 Å². The molecule has 0 bridgehead atoms. The molecule has 3 aliphatic rings. The lowest BCUT2D eigenvalue weighted by Gasteiger charge is -2.43. The van der Waals surface area contributed by atoms with Gasteiger partial charge in [0.1, 0.15) is 5.65 Å². The Labute approximate surface area is 154 Å². The highest BCUT2D eigenvalue weighted by Crippen LogP contribution is 2.27. The number of aromatic nitrogens is 2. The highest BCUT2D eigenvalue weighted by Gasteiger charge is 2.30. The monoisotopic (exact) mass is 353 g/mol. The Morgan fingerprint density at radius 2 is 2.04 bits per heavy atom. The van der Waals surface area contributed by atoms with E-state index in [4.69, 9.17) is 0 Å².